The van der Waals surface area contributed by atoms with Crippen molar-refractivity contribution < 1.29 is 19.1 Å². The molecule has 0 amide bonds. The average Bonchev–Trinajstić information content (AvgIpc) is 2.26. The van der Waals surface area contributed by atoms with Crippen LogP contribution in [0.1, 0.15) is 53.4 Å². The number of hydrogen-bond donors (Lipinski definition) is 0. The molecule has 0 bridgehead atoms. The van der Waals surface area contributed by atoms with Gasteiger partial charge in [0.05, 0.1) is 6.42 Å². The van der Waals surface area contributed by atoms with Crippen LogP contribution in [0, 0.1) is 0 Å². The molecule has 0 N–H and O–H groups in total. The smallest absolute Gasteiger partial charge is 0.333 e. The van der Waals surface area contributed by atoms with Gasteiger partial charge in [0.15, 0.2) is 0 Å². The molecule has 0 radical (unpaired) electrons. The van der Waals surface area contributed by atoms with Crippen LogP contribution in [0.2, 0.25) is 0 Å². The van der Waals surface area contributed by atoms with E-state index in [1.54, 1.807) is 13.0 Å². The minimum Gasteiger partial charge on any atom is -0.460 e. The molecule has 1 unspecified atom stereocenters. The summed E-state index contributed by atoms with van der Waals surface area (Å²) >= 11 is 0. The van der Waals surface area contributed by atoms with E-state index in [9.17, 15) is 9.59 Å². The standard InChI is InChI=1S/C16H24O4/c1-12(2)14(18)20-16(9-7-6-8-10-16)11-13(17)19-15(3,4)5/h7,9H,1,6,8,10-11H2,2-5H3. The van der Waals surface area contributed by atoms with Crippen LogP contribution in [0.3, 0.4) is 0 Å². The summed E-state index contributed by atoms with van der Waals surface area (Å²) in [5.41, 5.74) is -1.11. The molecule has 1 aliphatic carbocycles. The summed E-state index contributed by atoms with van der Waals surface area (Å²) in [6.45, 7) is 10.6. The average molecular weight is 280 g/mol. The summed E-state index contributed by atoms with van der Waals surface area (Å²) in [6.07, 6.45) is 6.23. The molecule has 112 valence electrons. The summed E-state index contributed by atoms with van der Waals surface area (Å²) in [7, 11) is 0. The Hall–Kier alpha value is -1.58. The van der Waals surface area contributed by atoms with Crippen LogP contribution in [0.5, 0.6) is 0 Å². The third-order valence-corrected chi connectivity index (χ3v) is 2.90. The summed E-state index contributed by atoms with van der Waals surface area (Å²) in [5.74, 6) is -0.835. The molecule has 0 aromatic carbocycles. The highest BCUT2D eigenvalue weighted by atomic mass is 16.6. The predicted octanol–water partition coefficient (Wildman–Crippen LogP) is 3.32. The van der Waals surface area contributed by atoms with Gasteiger partial charge in [-0.1, -0.05) is 12.7 Å². The predicted molar refractivity (Wildman–Crippen MR) is 77.1 cm³/mol. The van der Waals surface area contributed by atoms with Crippen LogP contribution in [0.25, 0.3) is 0 Å². The minimum atomic E-state index is -0.892. The van der Waals surface area contributed by atoms with E-state index in [1.807, 2.05) is 26.8 Å². The van der Waals surface area contributed by atoms with Gasteiger partial charge in [-0.2, -0.15) is 0 Å². The Kier molecular flexibility index (Phi) is 5.15. The zero-order chi connectivity index (χ0) is 15.4. The van der Waals surface area contributed by atoms with E-state index in [0.717, 1.165) is 12.8 Å². The van der Waals surface area contributed by atoms with Gasteiger partial charge in [0.25, 0.3) is 0 Å². The maximum absolute atomic E-state index is 12.0. The van der Waals surface area contributed by atoms with Gasteiger partial charge in [-0.05, 0) is 53.0 Å². The molecule has 0 aliphatic heterocycles. The van der Waals surface area contributed by atoms with Gasteiger partial charge in [0, 0.05) is 5.57 Å². The van der Waals surface area contributed by atoms with E-state index < -0.39 is 17.2 Å². The topological polar surface area (TPSA) is 52.6 Å². The fraction of sp³-hybridized carbons (Fsp3) is 0.625. The summed E-state index contributed by atoms with van der Waals surface area (Å²) in [5, 5.41) is 0. The maximum atomic E-state index is 12.0. The Morgan fingerprint density at radius 2 is 2.00 bits per heavy atom. The van der Waals surface area contributed by atoms with Gasteiger partial charge in [0.1, 0.15) is 11.2 Å². The van der Waals surface area contributed by atoms with Crippen LogP contribution >= 0.6 is 0 Å². The third kappa shape index (κ3) is 5.19. The van der Waals surface area contributed by atoms with Gasteiger partial charge < -0.3 is 9.47 Å². The van der Waals surface area contributed by atoms with Crippen LogP contribution in [-0.2, 0) is 19.1 Å². The van der Waals surface area contributed by atoms with E-state index in [2.05, 4.69) is 6.58 Å². The van der Waals surface area contributed by atoms with Crippen molar-refractivity contribution in [3.05, 3.63) is 24.3 Å². The SMILES string of the molecule is C=C(C)C(=O)OC1(CC(=O)OC(C)(C)C)C=CCCC1. The number of rotatable bonds is 4. The molecule has 0 aromatic heterocycles. The number of esters is 2. The van der Waals surface area contributed by atoms with Crippen LogP contribution in [0.4, 0.5) is 0 Å². The highest BCUT2D eigenvalue weighted by molar-refractivity contribution is 5.87. The normalized spacial score (nSPS) is 22.2. The fourth-order valence-electron chi connectivity index (χ4n) is 2.06. The highest BCUT2D eigenvalue weighted by Gasteiger charge is 2.37. The Labute approximate surface area is 120 Å². The Morgan fingerprint density at radius 3 is 2.45 bits per heavy atom. The molecular formula is C16H24O4. The van der Waals surface area contributed by atoms with Crippen molar-refractivity contribution in [2.75, 3.05) is 0 Å². The quantitative estimate of drug-likeness (QED) is 0.450. The van der Waals surface area contributed by atoms with Crippen molar-refractivity contribution in [1.82, 2.24) is 0 Å². The van der Waals surface area contributed by atoms with E-state index >= 15 is 0 Å². The van der Waals surface area contributed by atoms with Crippen molar-refractivity contribution in [3.63, 3.8) is 0 Å². The van der Waals surface area contributed by atoms with Gasteiger partial charge in [-0.3, -0.25) is 4.79 Å². The second-order valence-electron chi connectivity index (χ2n) is 6.29. The molecule has 0 saturated heterocycles. The van der Waals surface area contributed by atoms with E-state index in [-0.39, 0.29) is 12.4 Å². The number of allylic oxidation sites excluding steroid dienone is 1. The molecule has 0 heterocycles. The summed E-state index contributed by atoms with van der Waals surface area (Å²) < 4.78 is 10.8. The van der Waals surface area contributed by atoms with Gasteiger partial charge in [-0.25, -0.2) is 4.79 Å². The first-order valence-corrected chi connectivity index (χ1v) is 6.92. The van der Waals surface area contributed by atoms with Crippen molar-refractivity contribution in [1.29, 1.82) is 0 Å². The molecule has 0 saturated carbocycles. The first-order chi connectivity index (χ1) is 9.14. The second-order valence-corrected chi connectivity index (χ2v) is 6.29. The largest absolute Gasteiger partial charge is 0.460 e. The molecule has 20 heavy (non-hydrogen) atoms. The van der Waals surface area contributed by atoms with Gasteiger partial charge in [-0.15, -0.1) is 0 Å². The zero-order valence-electron chi connectivity index (χ0n) is 12.8. The van der Waals surface area contributed by atoms with Crippen molar-refractivity contribution in [3.8, 4) is 0 Å². The first kappa shape index (κ1) is 16.5. The van der Waals surface area contributed by atoms with E-state index in [0.29, 0.717) is 12.0 Å². The lowest BCUT2D eigenvalue weighted by Gasteiger charge is -2.33. The Bertz CT molecular complexity index is 428. The molecule has 0 spiro atoms. The maximum Gasteiger partial charge on any atom is 0.333 e. The lowest BCUT2D eigenvalue weighted by atomic mass is 9.87. The van der Waals surface area contributed by atoms with Crippen LogP contribution in [-0.4, -0.2) is 23.1 Å². The number of carbonyl (C=O) groups is 2. The third-order valence-electron chi connectivity index (χ3n) is 2.90. The molecule has 0 aromatic rings. The molecule has 1 aliphatic rings. The molecular weight excluding hydrogens is 256 g/mol. The fourth-order valence-corrected chi connectivity index (χ4v) is 2.06. The molecule has 0 fully saturated rings. The second kappa shape index (κ2) is 6.25. The molecule has 4 nitrogen and oxygen atoms in total. The van der Waals surface area contributed by atoms with Gasteiger partial charge >= 0.3 is 11.9 Å². The lowest BCUT2D eigenvalue weighted by Crippen LogP contribution is -2.39. The number of ether oxygens (including phenoxy) is 2. The minimum absolute atomic E-state index is 0.0415. The van der Waals surface area contributed by atoms with Crippen LogP contribution < -0.4 is 0 Å². The van der Waals surface area contributed by atoms with Crippen molar-refractivity contribution in [2.45, 2.75) is 64.6 Å². The number of carbonyl (C=O) groups excluding carboxylic acids is 2. The van der Waals surface area contributed by atoms with Crippen molar-refractivity contribution >= 4 is 11.9 Å². The molecule has 1 rings (SSSR count). The number of hydrogen-bond acceptors (Lipinski definition) is 4. The first-order valence-electron chi connectivity index (χ1n) is 6.92. The van der Waals surface area contributed by atoms with Gasteiger partial charge in [0.2, 0.25) is 0 Å². The van der Waals surface area contributed by atoms with E-state index in [4.69, 9.17) is 9.47 Å². The highest BCUT2D eigenvalue weighted by Crippen LogP contribution is 2.31. The lowest BCUT2D eigenvalue weighted by molar-refractivity contribution is -0.165. The molecule has 4 heteroatoms. The Balaban J connectivity index is 2.82. The summed E-state index contributed by atoms with van der Waals surface area (Å²) in [4.78, 5) is 23.8. The van der Waals surface area contributed by atoms with E-state index in [1.165, 1.54) is 0 Å². The molecule has 1 atom stereocenters. The van der Waals surface area contributed by atoms with Crippen LogP contribution in [0.15, 0.2) is 24.3 Å². The monoisotopic (exact) mass is 280 g/mol. The van der Waals surface area contributed by atoms with Crippen molar-refractivity contribution in [2.24, 2.45) is 0 Å². The summed E-state index contributed by atoms with van der Waals surface area (Å²) in [6, 6.07) is 0. The Morgan fingerprint density at radius 1 is 1.35 bits per heavy atom. The zero-order valence-corrected chi connectivity index (χ0v) is 12.8.